The van der Waals surface area contributed by atoms with Crippen LogP contribution < -0.4 is 5.73 Å². The van der Waals surface area contributed by atoms with Gasteiger partial charge in [-0.25, -0.2) is 0 Å². The molecule has 0 radical (unpaired) electrons. The molecule has 2 N–H and O–H groups in total. The van der Waals surface area contributed by atoms with Gasteiger partial charge in [0.25, 0.3) is 0 Å². The zero-order valence-electron chi connectivity index (χ0n) is 11.5. The van der Waals surface area contributed by atoms with Gasteiger partial charge in [0.05, 0.1) is 0 Å². The van der Waals surface area contributed by atoms with Gasteiger partial charge in [0.2, 0.25) is 0 Å². The fraction of sp³-hybridized carbons (Fsp3) is 0.438. The quantitative estimate of drug-likeness (QED) is 0.748. The summed E-state index contributed by atoms with van der Waals surface area (Å²) in [7, 11) is 0. The van der Waals surface area contributed by atoms with E-state index in [2.05, 4.69) is 49.2 Å². The summed E-state index contributed by atoms with van der Waals surface area (Å²) in [6.45, 7) is 4.96. The van der Waals surface area contributed by atoms with Crippen LogP contribution >= 0.6 is 0 Å². The Morgan fingerprint density at radius 3 is 2.94 bits per heavy atom. The number of pyridine rings is 1. The van der Waals surface area contributed by atoms with E-state index in [-0.39, 0.29) is 0 Å². The molecule has 0 saturated carbocycles. The monoisotopic (exact) mass is 244 g/mol. The van der Waals surface area contributed by atoms with Crippen molar-refractivity contribution in [3.63, 3.8) is 0 Å². The van der Waals surface area contributed by atoms with E-state index in [1.165, 1.54) is 5.56 Å². The predicted octanol–water partition coefficient (Wildman–Crippen LogP) is 3.28. The van der Waals surface area contributed by atoms with Crippen LogP contribution in [0.25, 0.3) is 0 Å². The Morgan fingerprint density at radius 2 is 2.22 bits per heavy atom. The van der Waals surface area contributed by atoms with Crippen LogP contribution in [0.4, 0.5) is 0 Å². The smallest absolute Gasteiger partial charge is 0.0451 e. The summed E-state index contributed by atoms with van der Waals surface area (Å²) in [5.74, 6) is 0.593. The van der Waals surface area contributed by atoms with Crippen LogP contribution in [0.3, 0.4) is 0 Å². The highest BCUT2D eigenvalue weighted by Gasteiger charge is 2.00. The van der Waals surface area contributed by atoms with Gasteiger partial charge in [-0.3, -0.25) is 4.98 Å². The number of aromatic nitrogens is 1. The second kappa shape index (κ2) is 8.65. The number of allylic oxidation sites excluding steroid dienone is 4. The van der Waals surface area contributed by atoms with Crippen molar-refractivity contribution in [3.05, 3.63) is 53.9 Å². The second-order valence-electron chi connectivity index (χ2n) is 4.56. The van der Waals surface area contributed by atoms with E-state index in [1.807, 2.05) is 12.3 Å². The molecule has 0 saturated heterocycles. The van der Waals surface area contributed by atoms with Crippen molar-refractivity contribution in [2.45, 2.75) is 33.1 Å². The van der Waals surface area contributed by atoms with Crippen molar-refractivity contribution in [1.82, 2.24) is 4.98 Å². The van der Waals surface area contributed by atoms with E-state index in [0.29, 0.717) is 12.5 Å². The van der Waals surface area contributed by atoms with Crippen LogP contribution in [0.1, 0.15) is 31.5 Å². The molecule has 1 heterocycles. The predicted molar refractivity (Wildman–Crippen MR) is 78.4 cm³/mol. The maximum Gasteiger partial charge on any atom is 0.0451 e. The summed E-state index contributed by atoms with van der Waals surface area (Å²) in [4.78, 5) is 4.39. The summed E-state index contributed by atoms with van der Waals surface area (Å²) in [6, 6.07) is 4.13. The largest absolute Gasteiger partial charge is 0.330 e. The van der Waals surface area contributed by atoms with Crippen molar-refractivity contribution in [1.29, 1.82) is 0 Å². The maximum absolute atomic E-state index is 5.60. The Labute approximate surface area is 111 Å². The molecule has 0 fully saturated rings. The number of nitrogens with zero attached hydrogens (tertiary/aromatic N) is 1. The van der Waals surface area contributed by atoms with Crippen LogP contribution in [0.15, 0.2) is 42.6 Å². The van der Waals surface area contributed by atoms with Crippen LogP contribution in [0.5, 0.6) is 0 Å². The highest BCUT2D eigenvalue weighted by Crippen LogP contribution is 2.10. The zero-order valence-corrected chi connectivity index (χ0v) is 11.5. The first-order valence-corrected chi connectivity index (χ1v) is 6.68. The molecule has 1 unspecified atom stereocenters. The fourth-order valence-electron chi connectivity index (χ4n) is 1.88. The molecule has 98 valence electrons. The third-order valence-corrected chi connectivity index (χ3v) is 2.91. The lowest BCUT2D eigenvalue weighted by atomic mass is 10.0. The lowest BCUT2D eigenvalue weighted by molar-refractivity contribution is 0.740. The molecule has 0 aliphatic rings. The van der Waals surface area contributed by atoms with Gasteiger partial charge in [-0.2, -0.15) is 0 Å². The average Bonchev–Trinajstić information content (AvgIpc) is 2.38. The Morgan fingerprint density at radius 1 is 1.39 bits per heavy atom. The van der Waals surface area contributed by atoms with Crippen LogP contribution in [-0.4, -0.2) is 11.5 Å². The molecule has 1 rings (SSSR count). The maximum atomic E-state index is 5.60. The number of nitrogens with two attached hydrogens (primary N) is 1. The summed E-state index contributed by atoms with van der Waals surface area (Å²) >= 11 is 0. The lowest BCUT2D eigenvalue weighted by Crippen LogP contribution is -2.06. The van der Waals surface area contributed by atoms with E-state index in [4.69, 9.17) is 5.73 Å². The molecule has 1 aromatic heterocycles. The van der Waals surface area contributed by atoms with E-state index >= 15 is 0 Å². The highest BCUT2D eigenvalue weighted by molar-refractivity contribution is 5.22. The van der Waals surface area contributed by atoms with Crippen molar-refractivity contribution in [2.75, 3.05) is 6.54 Å². The van der Waals surface area contributed by atoms with Gasteiger partial charge in [0.15, 0.2) is 0 Å². The molecule has 0 aromatic carbocycles. The topological polar surface area (TPSA) is 38.9 Å². The second-order valence-corrected chi connectivity index (χ2v) is 4.56. The van der Waals surface area contributed by atoms with Gasteiger partial charge < -0.3 is 5.73 Å². The van der Waals surface area contributed by atoms with Crippen LogP contribution in [0, 0.1) is 5.92 Å². The summed E-state index contributed by atoms with van der Waals surface area (Å²) in [6.07, 6.45) is 13.6. The van der Waals surface area contributed by atoms with Gasteiger partial charge in [-0.05, 0) is 43.9 Å². The molecule has 0 bridgehead atoms. The molecule has 0 amide bonds. The minimum atomic E-state index is 0.593. The summed E-state index contributed by atoms with van der Waals surface area (Å²) < 4.78 is 0. The van der Waals surface area contributed by atoms with Crippen LogP contribution in [-0.2, 0) is 12.8 Å². The lowest BCUT2D eigenvalue weighted by Gasteiger charge is -2.05. The molecule has 2 heteroatoms. The zero-order chi connectivity index (χ0) is 13.2. The number of hydrogen-bond acceptors (Lipinski definition) is 2. The summed E-state index contributed by atoms with van der Waals surface area (Å²) in [5.41, 5.74) is 8.02. The molecule has 0 aliphatic heterocycles. The highest BCUT2D eigenvalue weighted by atomic mass is 14.7. The van der Waals surface area contributed by atoms with E-state index in [1.54, 1.807) is 0 Å². The van der Waals surface area contributed by atoms with Crippen molar-refractivity contribution in [3.8, 4) is 0 Å². The Hall–Kier alpha value is -1.41. The van der Waals surface area contributed by atoms with E-state index < -0.39 is 0 Å². The minimum absolute atomic E-state index is 0.593. The van der Waals surface area contributed by atoms with Gasteiger partial charge in [-0.15, -0.1) is 0 Å². The first-order chi connectivity index (χ1) is 8.77. The SMILES string of the molecule is CC=CCC(C)C=CCc1cccnc1CCN. The molecule has 0 aliphatic carbocycles. The van der Waals surface area contributed by atoms with E-state index in [9.17, 15) is 0 Å². The first kappa shape index (κ1) is 14.7. The molecular weight excluding hydrogens is 220 g/mol. The summed E-state index contributed by atoms with van der Waals surface area (Å²) in [5, 5.41) is 0. The average molecular weight is 244 g/mol. The Bertz CT molecular complexity index is 394. The van der Waals surface area contributed by atoms with Gasteiger partial charge in [-0.1, -0.05) is 37.3 Å². The van der Waals surface area contributed by atoms with Crippen molar-refractivity contribution < 1.29 is 0 Å². The minimum Gasteiger partial charge on any atom is -0.330 e. The fourth-order valence-corrected chi connectivity index (χ4v) is 1.88. The normalized spacial score (nSPS) is 13.5. The molecule has 1 aromatic rings. The Kier molecular flexibility index (Phi) is 7.04. The Balaban J connectivity index is 2.54. The molecule has 1 atom stereocenters. The van der Waals surface area contributed by atoms with Gasteiger partial charge in [0.1, 0.15) is 0 Å². The standard InChI is InChI=1S/C16H24N2/c1-3-4-7-14(2)8-5-9-15-10-6-13-18-16(15)11-12-17/h3-6,8,10,13-14H,7,9,11-12,17H2,1-2H3. The number of hydrogen-bond donors (Lipinski definition) is 1. The molecule has 18 heavy (non-hydrogen) atoms. The molecule has 2 nitrogen and oxygen atoms in total. The third-order valence-electron chi connectivity index (χ3n) is 2.91. The first-order valence-electron chi connectivity index (χ1n) is 6.68. The van der Waals surface area contributed by atoms with Gasteiger partial charge in [0, 0.05) is 18.3 Å². The molecule has 0 spiro atoms. The van der Waals surface area contributed by atoms with Crippen LogP contribution in [0.2, 0.25) is 0 Å². The van der Waals surface area contributed by atoms with Gasteiger partial charge >= 0.3 is 0 Å². The third kappa shape index (κ3) is 5.28. The van der Waals surface area contributed by atoms with Crippen molar-refractivity contribution >= 4 is 0 Å². The molecular formula is C16H24N2. The van der Waals surface area contributed by atoms with E-state index in [0.717, 1.165) is 25.0 Å². The van der Waals surface area contributed by atoms with Crippen molar-refractivity contribution in [2.24, 2.45) is 11.7 Å². The number of rotatable bonds is 7.